The molecule has 0 bridgehead atoms. The number of halogens is 3. The Kier molecular flexibility index (Phi) is 4.24. The molecular formula is C10H8BrClFN3O2S2. The second kappa shape index (κ2) is 5.47. The van der Waals surface area contributed by atoms with E-state index in [1.54, 1.807) is 12.3 Å². The summed E-state index contributed by atoms with van der Waals surface area (Å²) in [7, 11) is -4.15. The molecule has 5 nitrogen and oxygen atoms in total. The van der Waals surface area contributed by atoms with Crippen molar-refractivity contribution in [1.82, 2.24) is 4.98 Å². The molecule has 108 valence electrons. The molecule has 0 unspecified atom stereocenters. The van der Waals surface area contributed by atoms with E-state index in [9.17, 15) is 12.8 Å². The summed E-state index contributed by atoms with van der Waals surface area (Å²) >= 11 is 9.88. The molecule has 2 aromatic rings. The Morgan fingerprint density at radius 2 is 2.20 bits per heavy atom. The van der Waals surface area contributed by atoms with Gasteiger partial charge in [-0.25, -0.2) is 17.8 Å². The van der Waals surface area contributed by atoms with Gasteiger partial charge < -0.3 is 5.73 Å². The highest BCUT2D eigenvalue weighted by Gasteiger charge is 2.25. The lowest BCUT2D eigenvalue weighted by molar-refractivity contribution is 0.572. The molecule has 0 atom stereocenters. The monoisotopic (exact) mass is 399 g/mol. The Bertz CT molecular complexity index is 779. The summed E-state index contributed by atoms with van der Waals surface area (Å²) in [6, 6.07) is 0.986. The summed E-state index contributed by atoms with van der Waals surface area (Å²) in [4.78, 5) is 3.32. The average molecular weight is 401 g/mol. The first-order valence-electron chi connectivity index (χ1n) is 5.10. The summed E-state index contributed by atoms with van der Waals surface area (Å²) in [5, 5.41) is 1.80. The molecule has 0 saturated carbocycles. The number of nitrogen functional groups attached to an aromatic ring is 1. The van der Waals surface area contributed by atoms with Crippen molar-refractivity contribution in [3.05, 3.63) is 32.5 Å². The van der Waals surface area contributed by atoms with Crippen LogP contribution >= 0.6 is 38.9 Å². The van der Waals surface area contributed by atoms with Crippen molar-refractivity contribution >= 4 is 59.7 Å². The topological polar surface area (TPSA) is 85.1 Å². The lowest BCUT2D eigenvalue weighted by atomic mass is 10.3. The number of aryl methyl sites for hydroxylation is 1. The number of nitrogens with one attached hydrogen (secondary N) is 1. The molecule has 0 aliphatic carbocycles. The Morgan fingerprint density at radius 1 is 1.55 bits per heavy atom. The Labute approximate surface area is 132 Å². The summed E-state index contributed by atoms with van der Waals surface area (Å²) in [5.74, 6) is -1.07. The van der Waals surface area contributed by atoms with Gasteiger partial charge in [0.1, 0.15) is 4.90 Å². The van der Waals surface area contributed by atoms with Crippen molar-refractivity contribution in [1.29, 1.82) is 0 Å². The molecule has 0 saturated heterocycles. The predicted octanol–water partition coefficient (Wildman–Crippen LogP) is 3.39. The van der Waals surface area contributed by atoms with E-state index < -0.39 is 20.7 Å². The first-order valence-corrected chi connectivity index (χ1v) is 8.63. The van der Waals surface area contributed by atoms with Crippen LogP contribution in [0.3, 0.4) is 0 Å². The molecule has 0 fully saturated rings. The van der Waals surface area contributed by atoms with Gasteiger partial charge >= 0.3 is 0 Å². The summed E-state index contributed by atoms with van der Waals surface area (Å²) in [6.07, 6.45) is 0. The smallest absolute Gasteiger partial charge is 0.266 e. The van der Waals surface area contributed by atoms with Crippen molar-refractivity contribution in [2.45, 2.75) is 11.8 Å². The van der Waals surface area contributed by atoms with E-state index in [-0.39, 0.29) is 20.3 Å². The Hall–Kier alpha value is -0.900. The molecule has 1 heterocycles. The zero-order valence-electron chi connectivity index (χ0n) is 9.95. The maximum Gasteiger partial charge on any atom is 0.266 e. The SMILES string of the molecule is Cc1csc(NS(=O)(=O)c2cc(Cl)c(Br)c(N)c2F)n1. The molecule has 1 aromatic carbocycles. The Balaban J connectivity index is 2.50. The van der Waals surface area contributed by atoms with Crippen molar-refractivity contribution < 1.29 is 12.8 Å². The van der Waals surface area contributed by atoms with Gasteiger partial charge in [0.25, 0.3) is 10.0 Å². The van der Waals surface area contributed by atoms with E-state index in [1.165, 1.54) is 0 Å². The summed E-state index contributed by atoms with van der Waals surface area (Å²) < 4.78 is 40.6. The number of nitrogens with zero attached hydrogens (tertiary/aromatic N) is 1. The molecule has 0 aliphatic heterocycles. The third kappa shape index (κ3) is 2.90. The van der Waals surface area contributed by atoms with E-state index >= 15 is 0 Å². The minimum atomic E-state index is -4.15. The lowest BCUT2D eigenvalue weighted by Crippen LogP contribution is -2.15. The normalized spacial score (nSPS) is 11.6. The lowest BCUT2D eigenvalue weighted by Gasteiger charge is -2.10. The van der Waals surface area contributed by atoms with Crippen LogP contribution in [0.5, 0.6) is 0 Å². The number of anilines is 2. The highest BCUT2D eigenvalue weighted by Crippen LogP contribution is 2.35. The van der Waals surface area contributed by atoms with E-state index in [2.05, 4.69) is 25.6 Å². The van der Waals surface area contributed by atoms with Crippen molar-refractivity contribution in [3.63, 3.8) is 0 Å². The van der Waals surface area contributed by atoms with E-state index in [4.69, 9.17) is 17.3 Å². The molecule has 0 aliphatic rings. The van der Waals surface area contributed by atoms with Gasteiger partial charge in [0.05, 0.1) is 20.9 Å². The molecule has 0 amide bonds. The van der Waals surface area contributed by atoms with Crippen LogP contribution in [0, 0.1) is 12.7 Å². The molecule has 20 heavy (non-hydrogen) atoms. The maximum atomic E-state index is 14.0. The quantitative estimate of drug-likeness (QED) is 0.611. The molecular weight excluding hydrogens is 393 g/mol. The Morgan fingerprint density at radius 3 is 2.75 bits per heavy atom. The van der Waals surface area contributed by atoms with Crippen molar-refractivity contribution in [2.75, 3.05) is 10.5 Å². The second-order valence-corrected chi connectivity index (χ2v) is 7.51. The van der Waals surface area contributed by atoms with Gasteiger partial charge in [-0.15, -0.1) is 11.3 Å². The number of nitrogens with two attached hydrogens (primary N) is 1. The van der Waals surface area contributed by atoms with Gasteiger partial charge in [0.2, 0.25) is 0 Å². The van der Waals surface area contributed by atoms with Crippen LogP contribution < -0.4 is 10.5 Å². The fourth-order valence-corrected chi connectivity index (χ4v) is 3.99. The van der Waals surface area contributed by atoms with Crippen LogP contribution in [0.15, 0.2) is 20.8 Å². The van der Waals surface area contributed by atoms with Crippen LogP contribution in [0.4, 0.5) is 15.2 Å². The summed E-state index contributed by atoms with van der Waals surface area (Å²) in [6.45, 7) is 1.71. The number of rotatable bonds is 3. The molecule has 2 rings (SSSR count). The van der Waals surface area contributed by atoms with Gasteiger partial charge in [0, 0.05) is 5.38 Å². The first kappa shape index (κ1) is 15.5. The van der Waals surface area contributed by atoms with Gasteiger partial charge in [-0.3, -0.25) is 4.72 Å². The van der Waals surface area contributed by atoms with Crippen LogP contribution in [-0.4, -0.2) is 13.4 Å². The van der Waals surface area contributed by atoms with Gasteiger partial charge in [0.15, 0.2) is 10.9 Å². The number of aromatic nitrogens is 1. The number of benzene rings is 1. The minimum Gasteiger partial charge on any atom is -0.395 e. The van der Waals surface area contributed by atoms with Gasteiger partial charge in [-0.05, 0) is 28.9 Å². The maximum absolute atomic E-state index is 14.0. The zero-order valence-corrected chi connectivity index (χ0v) is 13.9. The second-order valence-electron chi connectivity index (χ2n) is 3.80. The van der Waals surface area contributed by atoms with Crippen LogP contribution in [0.1, 0.15) is 5.69 Å². The van der Waals surface area contributed by atoms with Crippen LogP contribution in [-0.2, 0) is 10.0 Å². The van der Waals surface area contributed by atoms with Crippen molar-refractivity contribution in [2.24, 2.45) is 0 Å². The zero-order chi connectivity index (χ0) is 15.1. The van der Waals surface area contributed by atoms with Gasteiger partial charge in [-0.1, -0.05) is 11.6 Å². The predicted molar refractivity (Wildman–Crippen MR) is 81.2 cm³/mol. The molecule has 0 radical (unpaired) electrons. The van der Waals surface area contributed by atoms with Crippen molar-refractivity contribution in [3.8, 4) is 0 Å². The number of hydrogen-bond donors (Lipinski definition) is 2. The standard InChI is InChI=1S/C10H8BrClFN3O2S2/c1-4-3-19-10(15-4)16-20(17,18)6-2-5(12)7(11)9(14)8(6)13/h2-3H,14H2,1H3,(H,15,16). The molecule has 3 N–H and O–H groups in total. The number of hydrogen-bond acceptors (Lipinski definition) is 5. The van der Waals surface area contributed by atoms with Gasteiger partial charge in [-0.2, -0.15) is 0 Å². The van der Waals surface area contributed by atoms with E-state index in [0.717, 1.165) is 17.4 Å². The largest absolute Gasteiger partial charge is 0.395 e. The highest BCUT2D eigenvalue weighted by atomic mass is 79.9. The first-order chi connectivity index (χ1) is 9.22. The van der Waals surface area contributed by atoms with Crippen LogP contribution in [0.2, 0.25) is 5.02 Å². The van der Waals surface area contributed by atoms with E-state index in [1.807, 2.05) is 0 Å². The third-order valence-corrected chi connectivity index (χ3v) is 6.01. The third-order valence-electron chi connectivity index (χ3n) is 2.29. The molecule has 0 spiro atoms. The fourth-order valence-electron chi connectivity index (χ4n) is 1.37. The summed E-state index contributed by atoms with van der Waals surface area (Å²) in [5.41, 5.74) is 5.75. The molecule has 10 heteroatoms. The van der Waals surface area contributed by atoms with E-state index in [0.29, 0.717) is 5.69 Å². The highest BCUT2D eigenvalue weighted by molar-refractivity contribution is 9.10. The fraction of sp³-hybridized carbons (Fsp3) is 0.100. The number of sulfonamides is 1. The minimum absolute atomic E-state index is 0.000376. The number of thiazole rings is 1. The molecule has 1 aromatic heterocycles. The van der Waals surface area contributed by atoms with Crippen LogP contribution in [0.25, 0.3) is 0 Å². The average Bonchev–Trinajstić information content (AvgIpc) is 2.75.